The highest BCUT2D eigenvalue weighted by Gasteiger charge is 2.44. The van der Waals surface area contributed by atoms with E-state index in [4.69, 9.17) is 5.11 Å². The van der Waals surface area contributed by atoms with Crippen LogP contribution in [0.2, 0.25) is 0 Å². The fraction of sp³-hybridized carbons (Fsp3) is 0.667. The maximum absolute atomic E-state index is 8.81. The first-order valence-electron chi connectivity index (χ1n) is 5.52. The van der Waals surface area contributed by atoms with E-state index in [-0.39, 0.29) is 6.73 Å². The molecule has 0 heterocycles. The van der Waals surface area contributed by atoms with Crippen LogP contribution in [0.5, 0.6) is 0 Å². The van der Waals surface area contributed by atoms with E-state index in [2.05, 4.69) is 37.4 Å². The molecule has 14 heavy (non-hydrogen) atoms. The van der Waals surface area contributed by atoms with Crippen molar-refractivity contribution in [3.05, 3.63) is 23.9 Å². The van der Waals surface area contributed by atoms with Crippen molar-refractivity contribution < 1.29 is 5.11 Å². The number of aliphatic hydroxyl groups excluding tert-OH is 1. The summed E-state index contributed by atoms with van der Waals surface area (Å²) in [7, 11) is 0. The second-order valence-electron chi connectivity index (χ2n) is 4.40. The summed E-state index contributed by atoms with van der Waals surface area (Å²) >= 11 is 0. The molecule has 78 valence electrons. The van der Waals surface area contributed by atoms with Crippen molar-refractivity contribution in [3.8, 4) is 0 Å². The predicted molar refractivity (Wildman–Crippen MR) is 57.4 cm³/mol. The lowest BCUT2D eigenvalue weighted by Gasteiger charge is -2.47. The fourth-order valence-electron chi connectivity index (χ4n) is 2.97. The minimum absolute atomic E-state index is 0.0265. The molecule has 3 aliphatic carbocycles. The van der Waals surface area contributed by atoms with Gasteiger partial charge in [-0.3, -0.25) is 0 Å². The SMILES string of the molecule is CCC1C2C=CC(NCO)=CC1C2C. The Morgan fingerprint density at radius 3 is 2.86 bits per heavy atom. The zero-order valence-corrected chi connectivity index (χ0v) is 8.90. The third kappa shape index (κ3) is 1.38. The highest BCUT2D eigenvalue weighted by Crippen LogP contribution is 2.50. The summed E-state index contributed by atoms with van der Waals surface area (Å²) in [4.78, 5) is 0. The van der Waals surface area contributed by atoms with Gasteiger partial charge in [0, 0.05) is 5.70 Å². The Labute approximate surface area is 85.7 Å². The van der Waals surface area contributed by atoms with Crippen LogP contribution < -0.4 is 5.32 Å². The van der Waals surface area contributed by atoms with Crippen LogP contribution in [0.3, 0.4) is 0 Å². The van der Waals surface area contributed by atoms with Gasteiger partial charge in [-0.1, -0.05) is 32.4 Å². The minimum Gasteiger partial charge on any atom is -0.377 e. The molecular weight excluding hydrogens is 174 g/mol. The lowest BCUT2D eigenvalue weighted by Crippen LogP contribution is -2.42. The van der Waals surface area contributed by atoms with Crippen molar-refractivity contribution in [3.63, 3.8) is 0 Å². The highest BCUT2D eigenvalue weighted by molar-refractivity contribution is 5.27. The van der Waals surface area contributed by atoms with Gasteiger partial charge in [0.2, 0.25) is 0 Å². The number of fused-ring (bicyclic) bond motifs is 1. The number of hydrogen-bond donors (Lipinski definition) is 2. The van der Waals surface area contributed by atoms with Crippen LogP contribution >= 0.6 is 0 Å². The maximum Gasteiger partial charge on any atom is 0.113 e. The van der Waals surface area contributed by atoms with Crippen LogP contribution in [0.1, 0.15) is 20.3 Å². The van der Waals surface area contributed by atoms with Crippen LogP contribution in [0.25, 0.3) is 0 Å². The third-order valence-corrected chi connectivity index (χ3v) is 3.83. The highest BCUT2D eigenvalue weighted by atomic mass is 16.3. The van der Waals surface area contributed by atoms with Crippen LogP contribution in [-0.4, -0.2) is 11.8 Å². The Morgan fingerprint density at radius 2 is 2.21 bits per heavy atom. The summed E-state index contributed by atoms with van der Waals surface area (Å²) in [6, 6.07) is 0. The smallest absolute Gasteiger partial charge is 0.113 e. The largest absolute Gasteiger partial charge is 0.377 e. The van der Waals surface area contributed by atoms with Gasteiger partial charge in [-0.15, -0.1) is 0 Å². The van der Waals surface area contributed by atoms with Gasteiger partial charge < -0.3 is 10.4 Å². The van der Waals surface area contributed by atoms with Crippen molar-refractivity contribution in [2.24, 2.45) is 23.7 Å². The van der Waals surface area contributed by atoms with Gasteiger partial charge in [-0.25, -0.2) is 0 Å². The zero-order chi connectivity index (χ0) is 10.1. The van der Waals surface area contributed by atoms with E-state index in [1.807, 2.05) is 0 Å². The van der Waals surface area contributed by atoms with Crippen LogP contribution in [0.15, 0.2) is 23.9 Å². The molecule has 0 aromatic heterocycles. The second kappa shape index (κ2) is 3.77. The molecule has 0 saturated heterocycles. The average molecular weight is 193 g/mol. The van der Waals surface area contributed by atoms with Gasteiger partial charge in [0.15, 0.2) is 0 Å². The molecule has 0 spiro atoms. The molecular formula is C12H19NO. The quantitative estimate of drug-likeness (QED) is 0.671. The molecule has 2 bridgehead atoms. The van der Waals surface area contributed by atoms with Gasteiger partial charge in [0.25, 0.3) is 0 Å². The van der Waals surface area contributed by atoms with Crippen molar-refractivity contribution in [2.75, 3.05) is 6.73 Å². The first-order valence-corrected chi connectivity index (χ1v) is 5.52. The van der Waals surface area contributed by atoms with Crippen LogP contribution in [0, 0.1) is 23.7 Å². The average Bonchev–Trinajstić information content (AvgIpc) is 2.46. The molecule has 3 rings (SSSR count). The van der Waals surface area contributed by atoms with Crippen LogP contribution in [0.4, 0.5) is 0 Å². The van der Waals surface area contributed by atoms with E-state index < -0.39 is 0 Å². The Hall–Kier alpha value is -0.760. The molecule has 0 aliphatic heterocycles. The molecule has 3 aliphatic rings. The minimum atomic E-state index is 0.0265. The zero-order valence-electron chi connectivity index (χ0n) is 8.90. The van der Waals surface area contributed by atoms with Crippen molar-refractivity contribution in [1.29, 1.82) is 0 Å². The maximum atomic E-state index is 8.81. The van der Waals surface area contributed by atoms with Gasteiger partial charge in [0.1, 0.15) is 6.73 Å². The molecule has 0 aromatic carbocycles. The molecule has 2 N–H and O–H groups in total. The second-order valence-corrected chi connectivity index (χ2v) is 4.40. The molecule has 2 nitrogen and oxygen atoms in total. The van der Waals surface area contributed by atoms with E-state index >= 15 is 0 Å². The number of nitrogens with one attached hydrogen (secondary N) is 1. The van der Waals surface area contributed by atoms with E-state index in [1.165, 1.54) is 6.42 Å². The lowest BCUT2D eigenvalue weighted by atomic mass is 9.57. The molecule has 1 fully saturated rings. The number of allylic oxidation sites excluding steroid dienone is 3. The van der Waals surface area contributed by atoms with Gasteiger partial charge in [0.05, 0.1) is 0 Å². The summed E-state index contributed by atoms with van der Waals surface area (Å²) in [5.74, 6) is 3.04. The van der Waals surface area contributed by atoms with E-state index in [0.29, 0.717) is 5.92 Å². The van der Waals surface area contributed by atoms with Gasteiger partial charge in [-0.2, -0.15) is 0 Å². The Bertz CT molecular complexity index is 269. The summed E-state index contributed by atoms with van der Waals surface area (Å²) in [5.41, 5.74) is 1.09. The molecule has 0 aromatic rings. The summed E-state index contributed by atoms with van der Waals surface area (Å²) in [5, 5.41) is 11.8. The van der Waals surface area contributed by atoms with E-state index in [1.54, 1.807) is 0 Å². The Morgan fingerprint density at radius 1 is 1.43 bits per heavy atom. The molecule has 4 atom stereocenters. The normalized spacial score (nSPS) is 39.8. The van der Waals surface area contributed by atoms with Crippen LogP contribution in [-0.2, 0) is 0 Å². The molecule has 0 amide bonds. The third-order valence-electron chi connectivity index (χ3n) is 3.83. The fourth-order valence-corrected chi connectivity index (χ4v) is 2.97. The Balaban J connectivity index is 2.16. The predicted octanol–water partition coefficient (Wildman–Crippen LogP) is 1.89. The van der Waals surface area contributed by atoms with Crippen molar-refractivity contribution in [2.45, 2.75) is 20.3 Å². The van der Waals surface area contributed by atoms with Crippen molar-refractivity contribution in [1.82, 2.24) is 5.32 Å². The van der Waals surface area contributed by atoms with Crippen molar-refractivity contribution >= 4 is 0 Å². The summed E-state index contributed by atoms with van der Waals surface area (Å²) < 4.78 is 0. The van der Waals surface area contributed by atoms with Gasteiger partial charge in [-0.05, 0) is 29.7 Å². The Kier molecular flexibility index (Phi) is 2.64. The molecule has 1 saturated carbocycles. The first-order chi connectivity index (χ1) is 6.77. The first kappa shape index (κ1) is 9.78. The standard InChI is InChI=1S/C12H19NO/c1-3-10-11-5-4-9(13-7-14)6-12(10)8(11)2/h4-6,8,10-14H,3,7H2,1-2H3. The summed E-state index contributed by atoms with van der Waals surface area (Å²) in [6.07, 6.45) is 7.96. The van der Waals surface area contributed by atoms with E-state index in [9.17, 15) is 0 Å². The molecule has 2 heteroatoms. The van der Waals surface area contributed by atoms with E-state index in [0.717, 1.165) is 23.5 Å². The number of aliphatic hydroxyl groups is 1. The molecule has 0 radical (unpaired) electrons. The summed E-state index contributed by atoms with van der Waals surface area (Å²) in [6.45, 7) is 4.62. The number of rotatable bonds is 3. The molecule has 4 unspecified atom stereocenters. The topological polar surface area (TPSA) is 32.3 Å². The lowest BCUT2D eigenvalue weighted by molar-refractivity contribution is 0.0577. The monoisotopic (exact) mass is 193 g/mol. The van der Waals surface area contributed by atoms with Gasteiger partial charge >= 0.3 is 0 Å². The number of hydrogen-bond acceptors (Lipinski definition) is 2.